The van der Waals surface area contributed by atoms with E-state index in [1.54, 1.807) is 22.9 Å². The zero-order valence-corrected chi connectivity index (χ0v) is 16.8. The van der Waals surface area contributed by atoms with Crippen LogP contribution < -0.4 is 0 Å². The number of hydrogen-bond acceptors (Lipinski definition) is 4. The maximum absolute atomic E-state index is 10.5. The first-order valence-electron chi connectivity index (χ1n) is 7.36. The van der Waals surface area contributed by atoms with Crippen LogP contribution in [-0.2, 0) is 11.5 Å². The predicted molar refractivity (Wildman–Crippen MR) is 97.3 cm³/mol. The van der Waals surface area contributed by atoms with Crippen molar-refractivity contribution in [2.24, 2.45) is 0 Å². The molecule has 2 heterocycles. The summed E-state index contributed by atoms with van der Waals surface area (Å²) in [5, 5.41) is 11.1. The van der Waals surface area contributed by atoms with Crippen molar-refractivity contribution in [3.8, 4) is 0 Å². The molecule has 5 nitrogen and oxygen atoms in total. The molecule has 0 aliphatic heterocycles. The molecule has 0 radical (unpaired) electrons. The van der Waals surface area contributed by atoms with Crippen molar-refractivity contribution >= 4 is 35.6 Å². The lowest BCUT2D eigenvalue weighted by Gasteiger charge is -2.17. The summed E-state index contributed by atoms with van der Waals surface area (Å²) in [6, 6.07) is 4.49. The maximum atomic E-state index is 10.5. The van der Waals surface area contributed by atoms with E-state index in [9.17, 15) is 5.11 Å². The highest BCUT2D eigenvalue weighted by Gasteiger charge is 2.19. The van der Waals surface area contributed by atoms with E-state index < -0.39 is 14.2 Å². The summed E-state index contributed by atoms with van der Waals surface area (Å²) in [4.78, 5) is 8.36. The maximum Gasteiger partial charge on any atom is 0.179 e. The molecule has 0 aromatic carbocycles. The number of aromatic nitrogens is 3. The van der Waals surface area contributed by atoms with Gasteiger partial charge in [0.25, 0.3) is 0 Å². The Balaban J connectivity index is 2.07. The molecule has 1 unspecified atom stereocenters. The summed E-state index contributed by atoms with van der Waals surface area (Å²) in [6.07, 6.45) is 2.25. The Hall–Kier alpha value is -0.733. The first-order chi connectivity index (χ1) is 10.8. The second-order valence-electron chi connectivity index (χ2n) is 6.53. The van der Waals surface area contributed by atoms with Gasteiger partial charge in [0.1, 0.15) is 12.8 Å². The van der Waals surface area contributed by atoms with Gasteiger partial charge in [0.2, 0.25) is 0 Å². The highest BCUT2D eigenvalue weighted by atomic mass is 79.9. The van der Waals surface area contributed by atoms with Crippen molar-refractivity contribution in [2.45, 2.75) is 38.5 Å². The molecule has 8 heteroatoms. The van der Waals surface area contributed by atoms with Gasteiger partial charge in [-0.1, -0.05) is 31.2 Å². The van der Waals surface area contributed by atoms with Crippen LogP contribution in [0.25, 0.3) is 0 Å². The number of halogens is 2. The third kappa shape index (κ3) is 5.39. The highest BCUT2D eigenvalue weighted by Crippen LogP contribution is 2.24. The fourth-order valence-electron chi connectivity index (χ4n) is 1.95. The number of ether oxygens (including phenoxy) is 1. The SMILES string of the molecule is C[Si](C)(C)CCOCn1c(C(O)c2ccc(Cl)cn2)cnc1Br. The van der Waals surface area contributed by atoms with Crippen LogP contribution in [0.15, 0.2) is 29.3 Å². The summed E-state index contributed by atoms with van der Waals surface area (Å²) >= 11 is 9.22. The van der Waals surface area contributed by atoms with E-state index in [4.69, 9.17) is 16.3 Å². The molecule has 0 spiro atoms. The highest BCUT2D eigenvalue weighted by molar-refractivity contribution is 9.10. The summed E-state index contributed by atoms with van der Waals surface area (Å²) < 4.78 is 8.17. The fourth-order valence-corrected chi connectivity index (χ4v) is 3.22. The fraction of sp³-hybridized carbons (Fsp3) is 0.467. The zero-order chi connectivity index (χ0) is 17.0. The number of pyridine rings is 1. The van der Waals surface area contributed by atoms with E-state index in [0.29, 0.717) is 34.5 Å². The first kappa shape index (κ1) is 18.6. The van der Waals surface area contributed by atoms with Crippen LogP contribution in [-0.4, -0.2) is 34.3 Å². The van der Waals surface area contributed by atoms with Gasteiger partial charge in [-0.3, -0.25) is 9.55 Å². The molecule has 0 aliphatic carbocycles. The van der Waals surface area contributed by atoms with E-state index in [-0.39, 0.29) is 0 Å². The van der Waals surface area contributed by atoms with Crippen LogP contribution in [0.3, 0.4) is 0 Å². The summed E-state index contributed by atoms with van der Waals surface area (Å²) in [7, 11) is -1.12. The van der Waals surface area contributed by atoms with Gasteiger partial charge in [0, 0.05) is 20.9 Å². The lowest BCUT2D eigenvalue weighted by molar-refractivity contribution is 0.0776. The summed E-state index contributed by atoms with van der Waals surface area (Å²) in [5.74, 6) is 0. The molecule has 0 fully saturated rings. The largest absolute Gasteiger partial charge is 0.380 e. The number of aliphatic hydroxyl groups excluding tert-OH is 1. The molecule has 2 rings (SSSR count). The van der Waals surface area contributed by atoms with E-state index in [1.807, 2.05) is 0 Å². The molecule has 1 atom stereocenters. The third-order valence-electron chi connectivity index (χ3n) is 3.37. The quantitative estimate of drug-likeness (QED) is 0.543. The third-order valence-corrected chi connectivity index (χ3v) is 5.93. The van der Waals surface area contributed by atoms with Gasteiger partial charge >= 0.3 is 0 Å². The molecular weight excluding hydrogens is 398 g/mol. The molecule has 0 amide bonds. The molecule has 126 valence electrons. The van der Waals surface area contributed by atoms with Gasteiger partial charge < -0.3 is 9.84 Å². The number of rotatable bonds is 7. The smallest absolute Gasteiger partial charge is 0.179 e. The Morgan fingerprint density at radius 2 is 2.04 bits per heavy atom. The summed E-state index contributed by atoms with van der Waals surface area (Å²) in [6.45, 7) is 7.97. The second kappa shape index (κ2) is 7.89. The van der Waals surface area contributed by atoms with Crippen LogP contribution >= 0.6 is 27.5 Å². The van der Waals surface area contributed by atoms with E-state index in [2.05, 4.69) is 45.5 Å². The summed E-state index contributed by atoms with van der Waals surface area (Å²) in [5.41, 5.74) is 1.14. The van der Waals surface area contributed by atoms with Crippen LogP contribution in [0, 0.1) is 0 Å². The molecule has 0 bridgehead atoms. The Morgan fingerprint density at radius 1 is 1.30 bits per heavy atom. The molecule has 2 aromatic rings. The Labute approximate surface area is 150 Å². The van der Waals surface area contributed by atoms with Crippen LogP contribution in [0.5, 0.6) is 0 Å². The number of imidazole rings is 1. The van der Waals surface area contributed by atoms with Gasteiger partial charge in [0.15, 0.2) is 4.73 Å². The number of aliphatic hydroxyl groups is 1. The van der Waals surface area contributed by atoms with E-state index in [1.165, 1.54) is 6.20 Å². The van der Waals surface area contributed by atoms with Crippen molar-refractivity contribution in [3.63, 3.8) is 0 Å². The molecule has 0 saturated heterocycles. The van der Waals surface area contributed by atoms with Gasteiger partial charge in [0.05, 0.1) is 22.6 Å². The van der Waals surface area contributed by atoms with Crippen LogP contribution in [0.2, 0.25) is 30.7 Å². The van der Waals surface area contributed by atoms with Gasteiger partial charge in [-0.15, -0.1) is 0 Å². The Morgan fingerprint density at radius 3 is 2.65 bits per heavy atom. The molecule has 0 saturated carbocycles. The minimum absolute atomic E-state index is 0.338. The monoisotopic (exact) mass is 417 g/mol. The molecule has 1 N–H and O–H groups in total. The standard InChI is InChI=1S/C15H21BrClN3O2Si/c1-23(2,3)7-6-22-10-20-13(9-19-15(20)16)14(21)12-5-4-11(17)8-18-12/h4-5,8-9,14,21H,6-7,10H2,1-3H3. The topological polar surface area (TPSA) is 60.2 Å². The van der Waals surface area contributed by atoms with Crippen LogP contribution in [0.1, 0.15) is 17.5 Å². The van der Waals surface area contributed by atoms with E-state index in [0.717, 1.165) is 6.04 Å². The first-order valence-corrected chi connectivity index (χ1v) is 12.2. The Kier molecular flexibility index (Phi) is 6.38. The van der Waals surface area contributed by atoms with Crippen molar-refractivity contribution in [3.05, 3.63) is 45.7 Å². The molecule has 2 aromatic heterocycles. The average Bonchev–Trinajstić information content (AvgIpc) is 2.84. The van der Waals surface area contributed by atoms with Crippen molar-refractivity contribution in [2.75, 3.05) is 6.61 Å². The number of nitrogens with zero attached hydrogens (tertiary/aromatic N) is 3. The van der Waals surface area contributed by atoms with Gasteiger partial charge in [-0.25, -0.2) is 4.98 Å². The van der Waals surface area contributed by atoms with Crippen molar-refractivity contribution in [1.29, 1.82) is 0 Å². The average molecular weight is 419 g/mol. The predicted octanol–water partition coefficient (Wildman–Crippen LogP) is 4.09. The van der Waals surface area contributed by atoms with Crippen molar-refractivity contribution < 1.29 is 9.84 Å². The van der Waals surface area contributed by atoms with Gasteiger partial charge in [-0.05, 0) is 34.1 Å². The molecular formula is C15H21BrClN3O2Si. The Bertz CT molecular complexity index is 643. The van der Waals surface area contributed by atoms with Crippen LogP contribution in [0.4, 0.5) is 0 Å². The van der Waals surface area contributed by atoms with E-state index >= 15 is 0 Å². The minimum atomic E-state index is -1.12. The van der Waals surface area contributed by atoms with Gasteiger partial charge in [-0.2, -0.15) is 0 Å². The zero-order valence-electron chi connectivity index (χ0n) is 13.5. The lowest BCUT2D eigenvalue weighted by Crippen LogP contribution is -2.22. The van der Waals surface area contributed by atoms with Crippen molar-refractivity contribution in [1.82, 2.24) is 14.5 Å². The second-order valence-corrected chi connectivity index (χ2v) is 13.3. The minimum Gasteiger partial charge on any atom is -0.380 e. The lowest BCUT2D eigenvalue weighted by atomic mass is 10.2. The molecule has 0 aliphatic rings. The normalized spacial score (nSPS) is 13.3. The molecule has 23 heavy (non-hydrogen) atoms. The number of hydrogen-bond donors (Lipinski definition) is 1.